The fourth-order valence-corrected chi connectivity index (χ4v) is 2.13. The second-order valence-corrected chi connectivity index (χ2v) is 5.53. The van der Waals surface area contributed by atoms with Gasteiger partial charge < -0.3 is 15.7 Å². The molecule has 1 rings (SSSR count). The molecule has 0 saturated carbocycles. The van der Waals surface area contributed by atoms with Crippen molar-refractivity contribution < 1.29 is 9.90 Å². The van der Waals surface area contributed by atoms with Crippen LogP contribution in [0, 0.1) is 5.92 Å². The van der Waals surface area contributed by atoms with Crippen molar-refractivity contribution in [2.75, 3.05) is 18.1 Å². The largest absolute Gasteiger partial charge is 0.393 e. The van der Waals surface area contributed by atoms with E-state index < -0.39 is 0 Å². The Balaban J connectivity index is 2.39. The van der Waals surface area contributed by atoms with Crippen molar-refractivity contribution in [1.29, 1.82) is 0 Å². The van der Waals surface area contributed by atoms with E-state index in [0.29, 0.717) is 13.0 Å². The lowest BCUT2D eigenvalue weighted by Gasteiger charge is -2.15. The Morgan fingerprint density at radius 2 is 2.05 bits per heavy atom. The fraction of sp³-hybridized carbons (Fsp3) is 0.500. The molecule has 0 spiro atoms. The number of carbonyl (C=O) groups is 1. The van der Waals surface area contributed by atoms with Gasteiger partial charge in [-0.1, -0.05) is 26.0 Å². The number of anilines is 1. The lowest BCUT2D eigenvalue weighted by molar-refractivity contribution is 0.117. The molecule has 2 amide bonds. The number of amides is 2. The molecule has 19 heavy (non-hydrogen) atoms. The molecule has 0 fully saturated rings. The smallest absolute Gasteiger partial charge is 0.319 e. The molecule has 0 aliphatic rings. The van der Waals surface area contributed by atoms with Gasteiger partial charge in [-0.15, -0.1) is 11.8 Å². The fourth-order valence-electron chi connectivity index (χ4n) is 1.58. The second-order valence-electron chi connectivity index (χ2n) is 4.68. The van der Waals surface area contributed by atoms with Crippen LogP contribution >= 0.6 is 11.8 Å². The first-order valence-corrected chi connectivity index (χ1v) is 7.63. The standard InChI is InChI=1S/C14H22N2O2S/c1-10(2)12(17)8-9-15-14(18)16-11-6-4-5-7-13(11)19-3/h4-7,10,12,17H,8-9H2,1-3H3,(H2,15,16,18). The summed E-state index contributed by atoms with van der Waals surface area (Å²) in [6, 6.07) is 7.42. The third-order valence-corrected chi connectivity index (χ3v) is 3.65. The van der Waals surface area contributed by atoms with E-state index in [1.54, 1.807) is 11.8 Å². The lowest BCUT2D eigenvalue weighted by Crippen LogP contribution is -2.32. The van der Waals surface area contributed by atoms with Gasteiger partial charge in [-0.2, -0.15) is 0 Å². The summed E-state index contributed by atoms with van der Waals surface area (Å²) in [5, 5.41) is 15.2. The molecule has 0 aromatic heterocycles. The molecule has 5 heteroatoms. The normalized spacial score (nSPS) is 12.3. The Hall–Kier alpha value is -1.20. The van der Waals surface area contributed by atoms with Gasteiger partial charge in [0.05, 0.1) is 11.8 Å². The highest BCUT2D eigenvalue weighted by molar-refractivity contribution is 7.98. The predicted molar refractivity (Wildman–Crippen MR) is 80.7 cm³/mol. The Bertz CT molecular complexity index is 410. The molecule has 1 aromatic rings. The van der Waals surface area contributed by atoms with Crippen LogP contribution in [0.15, 0.2) is 29.2 Å². The molecule has 1 aromatic carbocycles. The van der Waals surface area contributed by atoms with E-state index in [1.807, 2.05) is 44.4 Å². The van der Waals surface area contributed by atoms with Crippen molar-refractivity contribution in [2.24, 2.45) is 5.92 Å². The van der Waals surface area contributed by atoms with E-state index >= 15 is 0 Å². The van der Waals surface area contributed by atoms with Crippen LogP contribution in [0.1, 0.15) is 20.3 Å². The number of aliphatic hydroxyl groups is 1. The Morgan fingerprint density at radius 3 is 2.68 bits per heavy atom. The van der Waals surface area contributed by atoms with E-state index in [1.165, 1.54) is 0 Å². The molecule has 1 atom stereocenters. The first kappa shape index (κ1) is 15.9. The number of para-hydroxylation sites is 1. The number of hydrogen-bond donors (Lipinski definition) is 3. The van der Waals surface area contributed by atoms with Crippen LogP contribution in [0.25, 0.3) is 0 Å². The summed E-state index contributed by atoms with van der Waals surface area (Å²) >= 11 is 1.59. The minimum absolute atomic E-state index is 0.210. The van der Waals surface area contributed by atoms with Crippen LogP contribution < -0.4 is 10.6 Å². The third-order valence-electron chi connectivity index (χ3n) is 2.85. The minimum Gasteiger partial charge on any atom is -0.393 e. The molecule has 0 heterocycles. The van der Waals surface area contributed by atoms with Gasteiger partial charge in [0.1, 0.15) is 0 Å². The number of nitrogens with one attached hydrogen (secondary N) is 2. The van der Waals surface area contributed by atoms with Gasteiger partial charge in [-0.25, -0.2) is 4.79 Å². The SMILES string of the molecule is CSc1ccccc1NC(=O)NCCC(O)C(C)C. The van der Waals surface area contributed by atoms with Crippen LogP contribution in [-0.2, 0) is 0 Å². The molecular formula is C14H22N2O2S. The molecule has 1 unspecified atom stereocenters. The molecule has 3 N–H and O–H groups in total. The summed E-state index contributed by atoms with van der Waals surface area (Å²) < 4.78 is 0. The maximum absolute atomic E-state index is 11.7. The average molecular weight is 282 g/mol. The van der Waals surface area contributed by atoms with Crippen molar-refractivity contribution in [2.45, 2.75) is 31.3 Å². The summed E-state index contributed by atoms with van der Waals surface area (Å²) in [4.78, 5) is 12.7. The van der Waals surface area contributed by atoms with Crippen LogP contribution in [0.4, 0.5) is 10.5 Å². The monoisotopic (exact) mass is 282 g/mol. The van der Waals surface area contributed by atoms with Gasteiger partial charge in [0.25, 0.3) is 0 Å². The molecule has 4 nitrogen and oxygen atoms in total. The molecule has 106 valence electrons. The van der Waals surface area contributed by atoms with Crippen LogP contribution in [0.3, 0.4) is 0 Å². The molecule has 0 aliphatic carbocycles. The highest BCUT2D eigenvalue weighted by atomic mass is 32.2. The average Bonchev–Trinajstić information content (AvgIpc) is 2.39. The number of carbonyl (C=O) groups excluding carboxylic acids is 1. The van der Waals surface area contributed by atoms with E-state index in [2.05, 4.69) is 10.6 Å². The van der Waals surface area contributed by atoms with Crippen molar-refractivity contribution in [3.63, 3.8) is 0 Å². The topological polar surface area (TPSA) is 61.4 Å². The number of aliphatic hydroxyl groups excluding tert-OH is 1. The molecule has 0 saturated heterocycles. The quantitative estimate of drug-likeness (QED) is 0.703. The number of hydrogen-bond acceptors (Lipinski definition) is 3. The first-order chi connectivity index (χ1) is 9.04. The highest BCUT2D eigenvalue weighted by Crippen LogP contribution is 2.24. The summed E-state index contributed by atoms with van der Waals surface area (Å²) in [5.74, 6) is 0.210. The van der Waals surface area contributed by atoms with Gasteiger partial charge in [-0.3, -0.25) is 0 Å². The maximum Gasteiger partial charge on any atom is 0.319 e. The highest BCUT2D eigenvalue weighted by Gasteiger charge is 2.10. The Morgan fingerprint density at radius 1 is 1.37 bits per heavy atom. The zero-order chi connectivity index (χ0) is 14.3. The van der Waals surface area contributed by atoms with Crippen LogP contribution in [0.2, 0.25) is 0 Å². The van der Waals surface area contributed by atoms with Gasteiger partial charge in [-0.05, 0) is 30.7 Å². The summed E-state index contributed by atoms with van der Waals surface area (Å²) in [6.45, 7) is 4.38. The first-order valence-electron chi connectivity index (χ1n) is 6.40. The molecular weight excluding hydrogens is 260 g/mol. The number of rotatable bonds is 6. The van der Waals surface area contributed by atoms with Crippen molar-refractivity contribution >= 4 is 23.5 Å². The summed E-state index contributed by atoms with van der Waals surface area (Å²) in [7, 11) is 0. The Kier molecular flexibility index (Phi) is 6.73. The van der Waals surface area contributed by atoms with Crippen molar-refractivity contribution in [3.05, 3.63) is 24.3 Å². The summed E-state index contributed by atoms with van der Waals surface area (Å²) in [5.41, 5.74) is 0.803. The number of urea groups is 1. The van der Waals surface area contributed by atoms with Crippen LogP contribution in [0.5, 0.6) is 0 Å². The van der Waals surface area contributed by atoms with E-state index in [4.69, 9.17) is 0 Å². The molecule has 0 radical (unpaired) electrons. The zero-order valence-corrected chi connectivity index (χ0v) is 12.5. The number of benzene rings is 1. The Labute approximate surface area is 119 Å². The van der Waals surface area contributed by atoms with Gasteiger partial charge in [0, 0.05) is 11.4 Å². The van der Waals surface area contributed by atoms with Gasteiger partial charge in [0.15, 0.2) is 0 Å². The predicted octanol–water partition coefficient (Wildman–Crippen LogP) is 2.94. The maximum atomic E-state index is 11.7. The minimum atomic E-state index is -0.376. The van der Waals surface area contributed by atoms with Crippen molar-refractivity contribution in [3.8, 4) is 0 Å². The van der Waals surface area contributed by atoms with E-state index in [-0.39, 0.29) is 18.1 Å². The lowest BCUT2D eigenvalue weighted by atomic mass is 10.0. The second kappa shape index (κ2) is 8.07. The van der Waals surface area contributed by atoms with Gasteiger partial charge in [0.2, 0.25) is 0 Å². The molecule has 0 bridgehead atoms. The van der Waals surface area contributed by atoms with Crippen molar-refractivity contribution in [1.82, 2.24) is 5.32 Å². The summed E-state index contributed by atoms with van der Waals surface area (Å²) in [6.07, 6.45) is 2.16. The van der Waals surface area contributed by atoms with E-state index in [9.17, 15) is 9.90 Å². The zero-order valence-electron chi connectivity index (χ0n) is 11.6. The molecule has 0 aliphatic heterocycles. The third kappa shape index (κ3) is 5.53. The van der Waals surface area contributed by atoms with E-state index in [0.717, 1.165) is 10.6 Å². The van der Waals surface area contributed by atoms with Crippen LogP contribution in [-0.4, -0.2) is 30.0 Å². The van der Waals surface area contributed by atoms with Gasteiger partial charge >= 0.3 is 6.03 Å². The number of thioether (sulfide) groups is 1.